The van der Waals surface area contributed by atoms with Gasteiger partial charge in [0.05, 0.1) is 5.38 Å². The molecule has 2 atom stereocenters. The highest BCUT2D eigenvalue weighted by molar-refractivity contribution is 9.12. The normalized spacial score (nSPS) is 29.1. The lowest BCUT2D eigenvalue weighted by molar-refractivity contribution is 0.409. The predicted octanol–water partition coefficient (Wildman–Crippen LogP) is 5.22. The summed E-state index contributed by atoms with van der Waals surface area (Å²) in [6, 6.07) is 0. The Morgan fingerprint density at radius 3 is 2.64 bits per heavy atom. The fraction of sp³-hybridized carbons (Fsp3) is 0.800. The third-order valence-corrected chi connectivity index (χ3v) is 7.38. The van der Waals surface area contributed by atoms with E-state index in [1.54, 1.807) is 0 Å². The first kappa shape index (κ1) is 13.5. The summed E-state index contributed by atoms with van der Waals surface area (Å²) in [6.45, 7) is 4.49. The number of halogens is 4. The van der Waals surface area contributed by atoms with Crippen LogP contribution in [0.4, 0.5) is 0 Å². The third kappa shape index (κ3) is 2.58. The average Bonchev–Trinajstić information content (AvgIpc) is 2.14. The van der Waals surface area contributed by atoms with E-state index in [0.717, 1.165) is 18.2 Å². The number of rotatable bonds is 2. The van der Waals surface area contributed by atoms with Crippen molar-refractivity contribution in [3.8, 4) is 0 Å². The lowest BCUT2D eigenvalue weighted by Gasteiger charge is -2.37. The van der Waals surface area contributed by atoms with Crippen LogP contribution in [0.2, 0.25) is 0 Å². The molecule has 0 aromatic rings. The number of hydrogen-bond donors (Lipinski definition) is 0. The Labute approximate surface area is 116 Å². The molecule has 0 aromatic carbocycles. The molecule has 0 N–H and O–H groups in total. The molecule has 0 saturated heterocycles. The van der Waals surface area contributed by atoms with E-state index < -0.39 is 0 Å². The Bertz CT molecular complexity index is 248. The Morgan fingerprint density at radius 2 is 2.14 bits per heavy atom. The summed E-state index contributed by atoms with van der Waals surface area (Å²) in [7, 11) is 0. The van der Waals surface area contributed by atoms with E-state index in [0.29, 0.717) is 4.83 Å². The van der Waals surface area contributed by atoms with Gasteiger partial charge >= 0.3 is 0 Å². The zero-order chi connectivity index (χ0) is 10.9. The number of allylic oxidation sites excluding steroid dienone is 2. The maximum atomic E-state index is 6.26. The molecular formula is C10H14Br3Cl. The van der Waals surface area contributed by atoms with E-state index >= 15 is 0 Å². The second-order valence-electron chi connectivity index (χ2n) is 4.19. The molecule has 0 saturated carbocycles. The largest absolute Gasteiger partial charge is 0.117 e. The van der Waals surface area contributed by atoms with E-state index in [4.69, 9.17) is 11.6 Å². The zero-order valence-corrected chi connectivity index (χ0v) is 13.8. The van der Waals surface area contributed by atoms with E-state index in [1.807, 2.05) is 0 Å². The van der Waals surface area contributed by atoms with Gasteiger partial charge in [0, 0.05) is 20.1 Å². The van der Waals surface area contributed by atoms with Crippen LogP contribution in [0.3, 0.4) is 0 Å². The molecule has 0 aromatic heterocycles. The molecule has 1 unspecified atom stereocenters. The average molecular weight is 409 g/mol. The summed E-state index contributed by atoms with van der Waals surface area (Å²) in [6.07, 6.45) is 2.24. The van der Waals surface area contributed by atoms with Crippen LogP contribution in [0.1, 0.15) is 26.7 Å². The van der Waals surface area contributed by atoms with Crippen molar-refractivity contribution >= 4 is 59.4 Å². The summed E-state index contributed by atoms with van der Waals surface area (Å²) in [4.78, 5) is 0.535. The molecule has 4 heteroatoms. The number of hydrogen-bond acceptors (Lipinski definition) is 0. The van der Waals surface area contributed by atoms with Gasteiger partial charge in [0.1, 0.15) is 0 Å². The van der Waals surface area contributed by atoms with Gasteiger partial charge in [-0.15, -0.1) is 11.6 Å². The second-order valence-corrected chi connectivity index (χ2v) is 7.26. The Balaban J connectivity index is 3.01. The first-order valence-corrected chi connectivity index (χ1v) is 7.91. The maximum absolute atomic E-state index is 6.26. The van der Waals surface area contributed by atoms with Crippen LogP contribution in [-0.2, 0) is 0 Å². The van der Waals surface area contributed by atoms with E-state index in [2.05, 4.69) is 61.6 Å². The molecule has 0 nitrogen and oxygen atoms in total. The van der Waals surface area contributed by atoms with Crippen LogP contribution < -0.4 is 0 Å². The molecule has 0 aliphatic heterocycles. The Kier molecular flexibility index (Phi) is 5.03. The third-order valence-electron chi connectivity index (χ3n) is 2.81. The molecule has 0 bridgehead atoms. The van der Waals surface area contributed by atoms with Crippen LogP contribution in [0.25, 0.3) is 0 Å². The van der Waals surface area contributed by atoms with Gasteiger partial charge in [0.15, 0.2) is 0 Å². The standard InChI is InChI=1S/C10H14Br3Cl/c1-10(2)8(12)4-3-6(9(10)13)7(14)5-11/h7-8H,3-5H2,1-2H3/t7?,8-/m0/s1. The van der Waals surface area contributed by atoms with Gasteiger partial charge < -0.3 is 0 Å². The van der Waals surface area contributed by atoms with Gasteiger partial charge in [-0.25, -0.2) is 0 Å². The summed E-state index contributed by atoms with van der Waals surface area (Å²) in [5.41, 5.74) is 1.51. The van der Waals surface area contributed by atoms with Crippen LogP contribution in [-0.4, -0.2) is 15.5 Å². The molecule has 82 valence electrons. The van der Waals surface area contributed by atoms with Crippen molar-refractivity contribution in [3.63, 3.8) is 0 Å². The second kappa shape index (κ2) is 5.20. The van der Waals surface area contributed by atoms with Crippen molar-refractivity contribution in [2.24, 2.45) is 5.41 Å². The predicted molar refractivity (Wildman–Crippen MR) is 75.1 cm³/mol. The van der Waals surface area contributed by atoms with E-state index in [9.17, 15) is 0 Å². The van der Waals surface area contributed by atoms with Crippen molar-refractivity contribution in [3.05, 3.63) is 10.1 Å². The minimum atomic E-state index is 0.114. The van der Waals surface area contributed by atoms with Crippen LogP contribution in [0.5, 0.6) is 0 Å². The lowest BCUT2D eigenvalue weighted by atomic mass is 9.79. The van der Waals surface area contributed by atoms with Crippen molar-refractivity contribution < 1.29 is 0 Å². The summed E-state index contributed by atoms with van der Waals surface area (Å²) in [5, 5.41) is 0.936. The van der Waals surface area contributed by atoms with Crippen LogP contribution in [0.15, 0.2) is 10.1 Å². The van der Waals surface area contributed by atoms with Gasteiger partial charge in [0.2, 0.25) is 0 Å². The van der Waals surface area contributed by atoms with Crippen LogP contribution in [0, 0.1) is 5.41 Å². The fourth-order valence-corrected chi connectivity index (χ4v) is 3.95. The van der Waals surface area contributed by atoms with Gasteiger partial charge in [-0.3, -0.25) is 0 Å². The SMILES string of the molecule is CC1(C)C(Br)=C(C(Cl)CBr)CC[C@@H]1Br. The highest BCUT2D eigenvalue weighted by atomic mass is 79.9. The van der Waals surface area contributed by atoms with Crippen molar-refractivity contribution in [1.82, 2.24) is 0 Å². The summed E-state index contributed by atoms with van der Waals surface area (Å²) < 4.78 is 1.28. The topological polar surface area (TPSA) is 0 Å². The van der Waals surface area contributed by atoms with E-state index in [-0.39, 0.29) is 10.8 Å². The smallest absolute Gasteiger partial charge is 0.0653 e. The van der Waals surface area contributed by atoms with Crippen LogP contribution >= 0.6 is 59.4 Å². The molecule has 0 amide bonds. The molecule has 1 rings (SSSR count). The monoisotopic (exact) mass is 406 g/mol. The lowest BCUT2D eigenvalue weighted by Crippen LogP contribution is -2.31. The zero-order valence-electron chi connectivity index (χ0n) is 8.29. The maximum Gasteiger partial charge on any atom is 0.0653 e. The molecule has 1 aliphatic rings. The molecule has 0 radical (unpaired) electrons. The molecule has 0 spiro atoms. The molecule has 14 heavy (non-hydrogen) atoms. The molecule has 1 aliphatic carbocycles. The minimum absolute atomic E-state index is 0.114. The highest BCUT2D eigenvalue weighted by Gasteiger charge is 2.37. The van der Waals surface area contributed by atoms with Crippen molar-refractivity contribution in [2.75, 3.05) is 5.33 Å². The van der Waals surface area contributed by atoms with Gasteiger partial charge in [0.25, 0.3) is 0 Å². The quantitative estimate of drug-likeness (QED) is 0.549. The van der Waals surface area contributed by atoms with Gasteiger partial charge in [-0.1, -0.05) is 61.6 Å². The first-order valence-electron chi connectivity index (χ1n) is 4.64. The van der Waals surface area contributed by atoms with Gasteiger partial charge in [-0.2, -0.15) is 0 Å². The molecule has 0 heterocycles. The highest BCUT2D eigenvalue weighted by Crippen LogP contribution is 2.48. The summed E-state index contributed by atoms with van der Waals surface area (Å²) >= 11 is 17.1. The fourth-order valence-electron chi connectivity index (χ4n) is 1.69. The Morgan fingerprint density at radius 1 is 1.57 bits per heavy atom. The Hall–Kier alpha value is 1.47. The van der Waals surface area contributed by atoms with Crippen molar-refractivity contribution in [2.45, 2.75) is 36.9 Å². The van der Waals surface area contributed by atoms with Gasteiger partial charge in [-0.05, 0) is 18.4 Å². The summed E-state index contributed by atoms with van der Waals surface area (Å²) in [5.74, 6) is 0. The first-order chi connectivity index (χ1) is 6.41. The molecule has 0 fully saturated rings. The van der Waals surface area contributed by atoms with Crippen molar-refractivity contribution in [1.29, 1.82) is 0 Å². The van der Waals surface area contributed by atoms with E-state index in [1.165, 1.54) is 10.1 Å². The minimum Gasteiger partial charge on any atom is -0.117 e. The molecular weight excluding hydrogens is 395 g/mol. The number of alkyl halides is 3.